The molecule has 1 saturated heterocycles. The van der Waals surface area contributed by atoms with Gasteiger partial charge in [-0.3, -0.25) is 9.59 Å². The third-order valence-electron chi connectivity index (χ3n) is 4.83. The van der Waals surface area contributed by atoms with Crippen LogP contribution >= 0.6 is 12.4 Å². The number of rotatable bonds is 4. The number of carbonyl (C=O) groups excluding carboxylic acids is 2. The molecular weight excluding hydrogens is 302 g/mol. The first-order valence-corrected chi connectivity index (χ1v) is 8.41. The summed E-state index contributed by atoms with van der Waals surface area (Å²) in [7, 11) is 0. The van der Waals surface area contributed by atoms with E-state index in [4.69, 9.17) is 5.73 Å². The minimum Gasteiger partial charge on any atom is -0.345 e. The standard InChI is InChI=1S/C16H29N3O2.ClH/c1-12(16(21)19-9-5-2-6-10-19)18-15(20)11-13-7-3-4-8-14(13)17;/h12-14H,2-11,17H2,1H3,(H,18,20);1H. The Labute approximate surface area is 139 Å². The van der Waals surface area contributed by atoms with E-state index in [0.717, 1.165) is 45.2 Å². The number of nitrogens with zero attached hydrogens (tertiary/aromatic N) is 1. The Balaban J connectivity index is 0.00000242. The number of hydrogen-bond acceptors (Lipinski definition) is 3. The Morgan fingerprint density at radius 1 is 1.14 bits per heavy atom. The molecule has 1 aliphatic carbocycles. The summed E-state index contributed by atoms with van der Waals surface area (Å²) in [5.74, 6) is 0.294. The van der Waals surface area contributed by atoms with Crippen molar-refractivity contribution in [3.63, 3.8) is 0 Å². The number of halogens is 1. The number of nitrogens with two attached hydrogens (primary N) is 1. The number of nitrogens with one attached hydrogen (secondary N) is 1. The molecule has 2 aliphatic rings. The zero-order valence-electron chi connectivity index (χ0n) is 13.6. The smallest absolute Gasteiger partial charge is 0.244 e. The Bertz CT molecular complexity index is 372. The van der Waals surface area contributed by atoms with Gasteiger partial charge in [0.05, 0.1) is 0 Å². The van der Waals surface area contributed by atoms with Gasteiger partial charge in [0.2, 0.25) is 11.8 Å². The van der Waals surface area contributed by atoms with Gasteiger partial charge in [0.15, 0.2) is 0 Å². The Morgan fingerprint density at radius 3 is 2.41 bits per heavy atom. The van der Waals surface area contributed by atoms with E-state index in [9.17, 15) is 9.59 Å². The molecule has 0 aromatic rings. The number of carbonyl (C=O) groups is 2. The van der Waals surface area contributed by atoms with E-state index in [1.54, 1.807) is 6.92 Å². The van der Waals surface area contributed by atoms with Gasteiger partial charge in [-0.05, 0) is 44.9 Å². The normalized spacial score (nSPS) is 26.7. The largest absolute Gasteiger partial charge is 0.345 e. The van der Waals surface area contributed by atoms with Crippen LogP contribution in [0, 0.1) is 5.92 Å². The van der Waals surface area contributed by atoms with E-state index in [1.807, 2.05) is 4.90 Å². The van der Waals surface area contributed by atoms with Gasteiger partial charge in [0.1, 0.15) is 6.04 Å². The van der Waals surface area contributed by atoms with E-state index in [2.05, 4.69) is 5.32 Å². The Kier molecular flexibility index (Phi) is 8.18. The van der Waals surface area contributed by atoms with Crippen molar-refractivity contribution in [2.45, 2.75) is 70.4 Å². The van der Waals surface area contributed by atoms with Crippen molar-refractivity contribution in [2.75, 3.05) is 13.1 Å². The van der Waals surface area contributed by atoms with Crippen LogP contribution in [0.3, 0.4) is 0 Å². The molecular formula is C16H30ClN3O2. The second kappa shape index (κ2) is 9.36. The van der Waals surface area contributed by atoms with E-state index in [-0.39, 0.29) is 36.2 Å². The van der Waals surface area contributed by atoms with Crippen molar-refractivity contribution in [1.82, 2.24) is 10.2 Å². The van der Waals surface area contributed by atoms with Crippen LogP contribution in [0.25, 0.3) is 0 Å². The Morgan fingerprint density at radius 2 is 1.77 bits per heavy atom. The molecule has 2 amide bonds. The van der Waals surface area contributed by atoms with E-state index < -0.39 is 6.04 Å². The summed E-state index contributed by atoms with van der Waals surface area (Å²) in [6.45, 7) is 3.44. The molecule has 0 radical (unpaired) electrons. The highest BCUT2D eigenvalue weighted by Gasteiger charge is 2.27. The van der Waals surface area contributed by atoms with Gasteiger partial charge in [0, 0.05) is 25.6 Å². The van der Waals surface area contributed by atoms with Gasteiger partial charge >= 0.3 is 0 Å². The summed E-state index contributed by atoms with van der Waals surface area (Å²) in [6.07, 6.45) is 8.18. The molecule has 1 saturated carbocycles. The fourth-order valence-electron chi connectivity index (χ4n) is 3.48. The first kappa shape index (κ1) is 19.2. The molecule has 3 atom stereocenters. The minimum atomic E-state index is -0.421. The summed E-state index contributed by atoms with van der Waals surface area (Å²) in [6, 6.07) is -0.284. The molecule has 3 unspecified atom stereocenters. The first-order chi connectivity index (χ1) is 10.1. The van der Waals surface area contributed by atoms with Crippen LogP contribution in [0.15, 0.2) is 0 Å². The maximum atomic E-state index is 12.3. The quantitative estimate of drug-likeness (QED) is 0.825. The van der Waals surface area contributed by atoms with Crippen LogP contribution in [0.5, 0.6) is 0 Å². The van der Waals surface area contributed by atoms with Gasteiger partial charge in [-0.15, -0.1) is 12.4 Å². The van der Waals surface area contributed by atoms with Crippen LogP contribution in [0.4, 0.5) is 0 Å². The third kappa shape index (κ3) is 5.43. The summed E-state index contributed by atoms with van der Waals surface area (Å²) in [5.41, 5.74) is 6.08. The van der Waals surface area contributed by atoms with Crippen molar-refractivity contribution in [3.8, 4) is 0 Å². The molecule has 2 fully saturated rings. The summed E-state index contributed by atoms with van der Waals surface area (Å²) in [4.78, 5) is 26.3. The van der Waals surface area contributed by atoms with Gasteiger partial charge in [-0.1, -0.05) is 12.8 Å². The van der Waals surface area contributed by atoms with Crippen LogP contribution < -0.4 is 11.1 Å². The molecule has 3 N–H and O–H groups in total. The first-order valence-electron chi connectivity index (χ1n) is 8.41. The van der Waals surface area contributed by atoms with Crippen LogP contribution in [-0.2, 0) is 9.59 Å². The maximum absolute atomic E-state index is 12.3. The monoisotopic (exact) mass is 331 g/mol. The molecule has 5 nitrogen and oxygen atoms in total. The SMILES string of the molecule is CC(NC(=O)CC1CCCCC1N)C(=O)N1CCCCC1.Cl. The number of amides is 2. The number of piperidine rings is 1. The van der Waals surface area contributed by atoms with Gasteiger partial charge in [0.25, 0.3) is 0 Å². The van der Waals surface area contributed by atoms with E-state index >= 15 is 0 Å². The van der Waals surface area contributed by atoms with Crippen molar-refractivity contribution in [3.05, 3.63) is 0 Å². The molecule has 128 valence electrons. The lowest BCUT2D eigenvalue weighted by atomic mass is 9.83. The van der Waals surface area contributed by atoms with Crippen molar-refractivity contribution < 1.29 is 9.59 Å². The highest BCUT2D eigenvalue weighted by molar-refractivity contribution is 5.87. The van der Waals surface area contributed by atoms with Gasteiger partial charge in [-0.2, -0.15) is 0 Å². The van der Waals surface area contributed by atoms with Crippen LogP contribution in [0.1, 0.15) is 58.3 Å². The highest BCUT2D eigenvalue weighted by Crippen LogP contribution is 2.25. The van der Waals surface area contributed by atoms with E-state index in [0.29, 0.717) is 6.42 Å². The van der Waals surface area contributed by atoms with Crippen molar-refractivity contribution in [1.29, 1.82) is 0 Å². The zero-order valence-corrected chi connectivity index (χ0v) is 14.4. The summed E-state index contributed by atoms with van der Waals surface area (Å²) < 4.78 is 0. The summed E-state index contributed by atoms with van der Waals surface area (Å²) >= 11 is 0. The second-order valence-electron chi connectivity index (χ2n) is 6.59. The Hall–Kier alpha value is -0.810. The molecule has 0 aromatic heterocycles. The molecule has 1 heterocycles. The molecule has 0 spiro atoms. The highest BCUT2D eigenvalue weighted by atomic mass is 35.5. The zero-order chi connectivity index (χ0) is 15.2. The predicted octanol–water partition coefficient (Wildman–Crippen LogP) is 1.83. The minimum absolute atomic E-state index is 0. The second-order valence-corrected chi connectivity index (χ2v) is 6.59. The average Bonchev–Trinajstić information content (AvgIpc) is 2.49. The van der Waals surface area contributed by atoms with E-state index in [1.165, 1.54) is 12.8 Å². The van der Waals surface area contributed by atoms with Crippen molar-refractivity contribution in [2.24, 2.45) is 11.7 Å². The number of hydrogen-bond donors (Lipinski definition) is 2. The third-order valence-corrected chi connectivity index (χ3v) is 4.83. The molecule has 0 bridgehead atoms. The lowest BCUT2D eigenvalue weighted by Crippen LogP contribution is -2.49. The van der Waals surface area contributed by atoms with Gasteiger partial charge < -0.3 is 16.0 Å². The van der Waals surface area contributed by atoms with Crippen LogP contribution in [0.2, 0.25) is 0 Å². The lowest BCUT2D eigenvalue weighted by Gasteiger charge is -2.30. The van der Waals surface area contributed by atoms with Gasteiger partial charge in [-0.25, -0.2) is 0 Å². The maximum Gasteiger partial charge on any atom is 0.244 e. The molecule has 6 heteroatoms. The van der Waals surface area contributed by atoms with Crippen LogP contribution in [-0.4, -0.2) is 41.9 Å². The summed E-state index contributed by atoms with van der Waals surface area (Å²) in [5, 5.41) is 2.86. The van der Waals surface area contributed by atoms with Crippen molar-refractivity contribution >= 4 is 24.2 Å². The fraction of sp³-hybridized carbons (Fsp3) is 0.875. The molecule has 22 heavy (non-hydrogen) atoms. The topological polar surface area (TPSA) is 75.4 Å². The molecule has 2 rings (SSSR count). The molecule has 1 aliphatic heterocycles. The lowest BCUT2D eigenvalue weighted by molar-refractivity contribution is -0.137. The number of likely N-dealkylation sites (tertiary alicyclic amines) is 1. The average molecular weight is 332 g/mol. The predicted molar refractivity (Wildman–Crippen MR) is 89.8 cm³/mol. The fourth-order valence-corrected chi connectivity index (χ4v) is 3.48. The molecule has 0 aromatic carbocycles.